The lowest BCUT2D eigenvalue weighted by molar-refractivity contribution is -0.0705. The number of nitrogens with zero attached hydrogens (tertiary/aromatic N) is 3. The fourth-order valence-corrected chi connectivity index (χ4v) is 4.16. The van der Waals surface area contributed by atoms with E-state index in [-0.39, 0.29) is 34.8 Å². The molecule has 168 valence electrons. The summed E-state index contributed by atoms with van der Waals surface area (Å²) < 4.78 is 7.03. The van der Waals surface area contributed by atoms with E-state index in [4.69, 9.17) is 4.74 Å². The third kappa shape index (κ3) is 4.63. The first-order valence-corrected chi connectivity index (χ1v) is 10.6. The minimum absolute atomic E-state index is 0.145. The summed E-state index contributed by atoms with van der Waals surface area (Å²) in [7, 11) is 1.50. The number of benzene rings is 1. The Morgan fingerprint density at radius 1 is 1.12 bits per heavy atom. The van der Waals surface area contributed by atoms with Crippen molar-refractivity contribution >= 4 is 16.9 Å². The maximum Gasteiger partial charge on any atom is 0.329 e. The lowest BCUT2D eigenvalue weighted by atomic mass is 10.1. The summed E-state index contributed by atoms with van der Waals surface area (Å²) in [6.45, 7) is 7.01. The summed E-state index contributed by atoms with van der Waals surface area (Å²) in [5.74, 6) is -0.372. The van der Waals surface area contributed by atoms with Gasteiger partial charge in [-0.25, -0.2) is 9.78 Å². The van der Waals surface area contributed by atoms with Gasteiger partial charge < -0.3 is 10.1 Å². The number of aryl methyl sites for hydroxylation is 1. The summed E-state index contributed by atoms with van der Waals surface area (Å²) in [4.78, 5) is 45.4. The Morgan fingerprint density at radius 3 is 2.53 bits per heavy atom. The molecule has 0 aliphatic carbocycles. The van der Waals surface area contributed by atoms with Crippen LogP contribution in [0.4, 0.5) is 0 Å². The highest BCUT2D eigenvalue weighted by Gasteiger charge is 2.22. The largest absolute Gasteiger partial charge is 0.373 e. The van der Waals surface area contributed by atoms with Gasteiger partial charge in [0.05, 0.1) is 17.6 Å². The molecule has 2 N–H and O–H groups in total. The van der Waals surface area contributed by atoms with E-state index in [9.17, 15) is 14.4 Å². The number of aromatic amines is 1. The molecule has 32 heavy (non-hydrogen) atoms. The quantitative estimate of drug-likeness (QED) is 0.620. The van der Waals surface area contributed by atoms with E-state index in [1.165, 1.54) is 23.7 Å². The number of nitrogens with one attached hydrogen (secondary N) is 2. The maximum atomic E-state index is 12.8. The molecular formula is C23H27N5O4. The van der Waals surface area contributed by atoms with Gasteiger partial charge in [0.2, 0.25) is 0 Å². The van der Waals surface area contributed by atoms with Gasteiger partial charge in [-0.1, -0.05) is 24.3 Å². The highest BCUT2D eigenvalue weighted by molar-refractivity contribution is 5.94. The van der Waals surface area contributed by atoms with E-state index in [0.29, 0.717) is 6.54 Å². The zero-order valence-corrected chi connectivity index (χ0v) is 18.4. The molecule has 9 heteroatoms. The number of pyridine rings is 1. The summed E-state index contributed by atoms with van der Waals surface area (Å²) in [5.41, 5.74) is 1.39. The van der Waals surface area contributed by atoms with Gasteiger partial charge in [0.25, 0.3) is 11.5 Å². The Bertz CT molecular complexity index is 1260. The van der Waals surface area contributed by atoms with Crippen LogP contribution in [-0.4, -0.2) is 50.6 Å². The third-order valence-corrected chi connectivity index (χ3v) is 5.64. The van der Waals surface area contributed by atoms with Crippen LogP contribution in [0.3, 0.4) is 0 Å². The minimum Gasteiger partial charge on any atom is -0.373 e. The number of carbonyl (C=O) groups is 1. The van der Waals surface area contributed by atoms with Gasteiger partial charge in [0, 0.05) is 33.2 Å². The molecule has 1 fully saturated rings. The second-order valence-electron chi connectivity index (χ2n) is 8.29. The molecule has 0 bridgehead atoms. The minimum atomic E-state index is -0.576. The van der Waals surface area contributed by atoms with Crippen molar-refractivity contribution < 1.29 is 9.53 Å². The average Bonchev–Trinajstić information content (AvgIpc) is 2.75. The standard InChI is InChI=1S/C23H27N5O4/c1-14-11-28(12-15(2)32-14)13-17-7-5-4-6-16(17)10-24-22(30)19-9-8-18-20(25-19)27(3)23(31)26-21(18)29/h4-9,14-15H,10-13H2,1-3H3,(H,24,30)(H,26,29,31)/t14-,15+. The molecule has 2 aromatic heterocycles. The Morgan fingerprint density at radius 2 is 1.81 bits per heavy atom. The van der Waals surface area contributed by atoms with Crippen molar-refractivity contribution in [2.45, 2.75) is 39.1 Å². The van der Waals surface area contributed by atoms with Crippen LogP contribution >= 0.6 is 0 Å². The number of morpholine rings is 1. The van der Waals surface area contributed by atoms with Crippen LogP contribution in [0.5, 0.6) is 0 Å². The monoisotopic (exact) mass is 437 g/mol. The summed E-state index contributed by atoms with van der Waals surface area (Å²) >= 11 is 0. The van der Waals surface area contributed by atoms with Gasteiger partial charge in [-0.05, 0) is 37.1 Å². The summed E-state index contributed by atoms with van der Waals surface area (Å²) in [6.07, 6.45) is 0.376. The van der Waals surface area contributed by atoms with Crippen LogP contribution in [0.25, 0.3) is 11.0 Å². The molecule has 0 radical (unpaired) electrons. The van der Waals surface area contributed by atoms with E-state index in [1.807, 2.05) is 18.2 Å². The molecule has 1 aromatic carbocycles. The average molecular weight is 438 g/mol. The smallest absolute Gasteiger partial charge is 0.329 e. The molecule has 0 unspecified atom stereocenters. The highest BCUT2D eigenvalue weighted by Crippen LogP contribution is 2.17. The van der Waals surface area contributed by atoms with Crippen molar-refractivity contribution in [3.63, 3.8) is 0 Å². The topological polar surface area (TPSA) is 109 Å². The summed E-state index contributed by atoms with van der Waals surface area (Å²) in [6, 6.07) is 11.0. The van der Waals surface area contributed by atoms with Crippen molar-refractivity contribution in [2.24, 2.45) is 7.05 Å². The Hall–Kier alpha value is -3.30. The lowest BCUT2D eigenvalue weighted by Gasteiger charge is -2.35. The van der Waals surface area contributed by atoms with Gasteiger partial charge in [0.1, 0.15) is 11.3 Å². The van der Waals surface area contributed by atoms with Crippen molar-refractivity contribution in [3.05, 3.63) is 74.1 Å². The Kier molecular flexibility index (Phi) is 6.20. The number of carbonyl (C=O) groups excluding carboxylic acids is 1. The number of hydrogen-bond donors (Lipinski definition) is 2. The lowest BCUT2D eigenvalue weighted by Crippen LogP contribution is -2.45. The van der Waals surface area contributed by atoms with Gasteiger partial charge in [-0.2, -0.15) is 0 Å². The predicted molar refractivity (Wildman–Crippen MR) is 121 cm³/mol. The van der Waals surface area contributed by atoms with Gasteiger partial charge in [0.15, 0.2) is 0 Å². The van der Waals surface area contributed by atoms with Crippen LogP contribution < -0.4 is 16.6 Å². The molecule has 3 aromatic rings. The molecule has 3 heterocycles. The van der Waals surface area contributed by atoms with E-state index < -0.39 is 11.2 Å². The molecule has 1 saturated heterocycles. The Labute approximate surface area is 185 Å². The first-order valence-electron chi connectivity index (χ1n) is 10.6. The number of amides is 1. The fraction of sp³-hybridized carbons (Fsp3) is 0.391. The molecular weight excluding hydrogens is 410 g/mol. The first kappa shape index (κ1) is 21.9. The van der Waals surface area contributed by atoms with Crippen LogP contribution in [0, 0.1) is 0 Å². The van der Waals surface area contributed by atoms with Crippen LogP contribution in [0.2, 0.25) is 0 Å². The number of H-pyrrole nitrogens is 1. The van der Waals surface area contributed by atoms with E-state index in [1.54, 1.807) is 0 Å². The van der Waals surface area contributed by atoms with Crippen molar-refractivity contribution in [1.29, 1.82) is 0 Å². The van der Waals surface area contributed by atoms with E-state index in [0.717, 1.165) is 30.8 Å². The molecule has 9 nitrogen and oxygen atoms in total. The third-order valence-electron chi connectivity index (χ3n) is 5.64. The molecule has 0 saturated carbocycles. The maximum absolute atomic E-state index is 12.8. The molecule has 4 rings (SSSR count). The zero-order valence-electron chi connectivity index (χ0n) is 18.4. The molecule has 0 spiro atoms. The highest BCUT2D eigenvalue weighted by atomic mass is 16.5. The number of aromatic nitrogens is 3. The zero-order chi connectivity index (χ0) is 22.8. The van der Waals surface area contributed by atoms with E-state index in [2.05, 4.69) is 40.1 Å². The van der Waals surface area contributed by atoms with Crippen molar-refractivity contribution in [3.8, 4) is 0 Å². The van der Waals surface area contributed by atoms with Crippen molar-refractivity contribution in [1.82, 2.24) is 24.8 Å². The van der Waals surface area contributed by atoms with Crippen LogP contribution in [0.15, 0.2) is 46.0 Å². The molecule has 1 aliphatic heterocycles. The second kappa shape index (κ2) is 9.05. The van der Waals surface area contributed by atoms with Crippen LogP contribution in [0.1, 0.15) is 35.5 Å². The number of fused-ring (bicyclic) bond motifs is 1. The predicted octanol–water partition coefficient (Wildman–Crippen LogP) is 1.16. The van der Waals surface area contributed by atoms with Gasteiger partial charge >= 0.3 is 5.69 Å². The fourth-order valence-electron chi connectivity index (χ4n) is 4.16. The SMILES string of the molecule is C[C@@H]1CN(Cc2ccccc2CNC(=O)c2ccc3c(=O)[nH]c(=O)n(C)c3n2)C[C@H](C)O1. The Balaban J connectivity index is 1.49. The van der Waals surface area contributed by atoms with Gasteiger partial charge in [-0.3, -0.25) is 24.0 Å². The van der Waals surface area contributed by atoms with E-state index >= 15 is 0 Å². The molecule has 1 aliphatic rings. The second-order valence-corrected chi connectivity index (χ2v) is 8.29. The molecule has 1 amide bonds. The first-order chi connectivity index (χ1) is 15.3. The normalized spacial score (nSPS) is 19.2. The number of ether oxygens (including phenoxy) is 1. The van der Waals surface area contributed by atoms with Crippen LogP contribution in [-0.2, 0) is 24.9 Å². The number of hydrogen-bond acceptors (Lipinski definition) is 6. The summed E-state index contributed by atoms with van der Waals surface area (Å²) in [5, 5.41) is 3.16. The number of rotatable bonds is 5. The van der Waals surface area contributed by atoms with Gasteiger partial charge in [-0.15, -0.1) is 0 Å². The molecule has 2 atom stereocenters. The van der Waals surface area contributed by atoms with Crippen molar-refractivity contribution in [2.75, 3.05) is 13.1 Å².